The van der Waals surface area contributed by atoms with Gasteiger partial charge in [0.1, 0.15) is 0 Å². The molecule has 0 saturated heterocycles. The van der Waals surface area contributed by atoms with E-state index in [4.69, 9.17) is 5.73 Å². The van der Waals surface area contributed by atoms with Crippen LogP contribution in [0.3, 0.4) is 0 Å². The van der Waals surface area contributed by atoms with Gasteiger partial charge in [-0.3, -0.25) is 0 Å². The molecule has 1 aromatic carbocycles. The van der Waals surface area contributed by atoms with Crippen molar-refractivity contribution in [2.45, 2.75) is 38.6 Å². The molecule has 0 radical (unpaired) electrons. The molecule has 0 unspecified atom stereocenters. The number of nitrogens with two attached hydrogens (primary N) is 1. The van der Waals surface area contributed by atoms with Crippen LogP contribution >= 0.6 is 0 Å². The summed E-state index contributed by atoms with van der Waals surface area (Å²) in [5, 5.41) is 3.40. The van der Waals surface area contributed by atoms with Crippen molar-refractivity contribution in [3.05, 3.63) is 29.8 Å². The predicted molar refractivity (Wildman–Crippen MR) is 69.6 cm³/mol. The minimum atomic E-state index is 0.0800. The Labute approximate surface area is 98.2 Å². The summed E-state index contributed by atoms with van der Waals surface area (Å²) in [5.41, 5.74) is 8.70. The molecule has 0 bridgehead atoms. The van der Waals surface area contributed by atoms with Crippen LogP contribution in [-0.4, -0.2) is 12.1 Å². The highest BCUT2D eigenvalue weighted by atomic mass is 15.0. The van der Waals surface area contributed by atoms with Crippen molar-refractivity contribution in [3.8, 4) is 0 Å². The SMILES string of the molecule is CC(C)Cc1ccc(NCC2(N)CC2)cc1. The Hall–Kier alpha value is -1.02. The molecule has 2 rings (SSSR count). The van der Waals surface area contributed by atoms with Gasteiger partial charge in [0.2, 0.25) is 0 Å². The smallest absolute Gasteiger partial charge is 0.0340 e. The standard InChI is InChI=1S/C14H22N2/c1-11(2)9-12-3-5-13(6-4-12)16-10-14(15)7-8-14/h3-6,11,16H,7-10,15H2,1-2H3. The van der Waals surface area contributed by atoms with Crippen LogP contribution < -0.4 is 11.1 Å². The summed E-state index contributed by atoms with van der Waals surface area (Å²) in [6.45, 7) is 5.39. The second kappa shape index (κ2) is 4.46. The molecule has 16 heavy (non-hydrogen) atoms. The number of benzene rings is 1. The zero-order valence-corrected chi connectivity index (χ0v) is 10.3. The molecule has 0 heterocycles. The normalized spacial score (nSPS) is 17.5. The topological polar surface area (TPSA) is 38.0 Å². The molecule has 2 nitrogen and oxygen atoms in total. The largest absolute Gasteiger partial charge is 0.383 e. The van der Waals surface area contributed by atoms with Gasteiger partial charge in [0.15, 0.2) is 0 Å². The van der Waals surface area contributed by atoms with E-state index in [0.29, 0.717) is 0 Å². The van der Waals surface area contributed by atoms with Gasteiger partial charge in [0, 0.05) is 17.8 Å². The molecule has 1 aliphatic carbocycles. The van der Waals surface area contributed by atoms with Gasteiger partial charge >= 0.3 is 0 Å². The Morgan fingerprint density at radius 1 is 1.25 bits per heavy atom. The van der Waals surface area contributed by atoms with Gasteiger partial charge in [0.25, 0.3) is 0 Å². The molecular formula is C14H22N2. The minimum Gasteiger partial charge on any atom is -0.383 e. The molecule has 0 aliphatic heterocycles. The van der Waals surface area contributed by atoms with Crippen LogP contribution in [0.15, 0.2) is 24.3 Å². The fraction of sp³-hybridized carbons (Fsp3) is 0.571. The summed E-state index contributed by atoms with van der Waals surface area (Å²) in [4.78, 5) is 0. The molecule has 0 aromatic heterocycles. The summed E-state index contributed by atoms with van der Waals surface area (Å²) >= 11 is 0. The third kappa shape index (κ3) is 3.24. The Morgan fingerprint density at radius 3 is 2.38 bits per heavy atom. The van der Waals surface area contributed by atoms with Gasteiger partial charge < -0.3 is 11.1 Å². The fourth-order valence-electron chi connectivity index (χ4n) is 1.85. The second-order valence-corrected chi connectivity index (χ2v) is 5.51. The second-order valence-electron chi connectivity index (χ2n) is 5.51. The van der Waals surface area contributed by atoms with Crippen LogP contribution in [-0.2, 0) is 6.42 Å². The molecule has 3 N–H and O–H groups in total. The van der Waals surface area contributed by atoms with Gasteiger partial charge in [-0.2, -0.15) is 0 Å². The van der Waals surface area contributed by atoms with E-state index in [0.717, 1.165) is 31.7 Å². The van der Waals surface area contributed by atoms with E-state index in [9.17, 15) is 0 Å². The summed E-state index contributed by atoms with van der Waals surface area (Å²) < 4.78 is 0. The first-order chi connectivity index (χ1) is 7.57. The van der Waals surface area contributed by atoms with Crippen molar-refractivity contribution in [2.24, 2.45) is 11.7 Å². The molecule has 88 valence electrons. The average molecular weight is 218 g/mol. The van der Waals surface area contributed by atoms with Crippen LogP contribution in [0.4, 0.5) is 5.69 Å². The van der Waals surface area contributed by atoms with E-state index in [1.807, 2.05) is 0 Å². The van der Waals surface area contributed by atoms with Crippen LogP contribution in [0.25, 0.3) is 0 Å². The lowest BCUT2D eigenvalue weighted by atomic mass is 10.0. The van der Waals surface area contributed by atoms with E-state index < -0.39 is 0 Å². The van der Waals surface area contributed by atoms with Gasteiger partial charge in [-0.25, -0.2) is 0 Å². The number of hydrogen-bond acceptors (Lipinski definition) is 2. The third-order valence-electron chi connectivity index (χ3n) is 3.13. The minimum absolute atomic E-state index is 0.0800. The number of anilines is 1. The van der Waals surface area contributed by atoms with E-state index in [1.165, 1.54) is 11.3 Å². The Kier molecular flexibility index (Phi) is 3.20. The molecule has 1 fully saturated rings. The van der Waals surface area contributed by atoms with E-state index in [2.05, 4.69) is 43.4 Å². The summed E-state index contributed by atoms with van der Waals surface area (Å²) in [5.74, 6) is 0.720. The maximum absolute atomic E-state index is 6.03. The quantitative estimate of drug-likeness (QED) is 0.797. The van der Waals surface area contributed by atoms with Crippen molar-refractivity contribution in [1.29, 1.82) is 0 Å². The maximum Gasteiger partial charge on any atom is 0.0340 e. The molecule has 0 amide bonds. The Bertz CT molecular complexity index is 336. The van der Waals surface area contributed by atoms with Crippen LogP contribution in [0.1, 0.15) is 32.3 Å². The monoisotopic (exact) mass is 218 g/mol. The average Bonchev–Trinajstić information content (AvgIpc) is 2.96. The lowest BCUT2D eigenvalue weighted by molar-refractivity contribution is 0.647. The van der Waals surface area contributed by atoms with Crippen molar-refractivity contribution in [3.63, 3.8) is 0 Å². The van der Waals surface area contributed by atoms with Gasteiger partial charge in [-0.15, -0.1) is 0 Å². The molecule has 1 aliphatic rings. The van der Waals surface area contributed by atoms with E-state index >= 15 is 0 Å². The summed E-state index contributed by atoms with van der Waals surface area (Å²) in [6, 6.07) is 8.73. The van der Waals surface area contributed by atoms with Gasteiger partial charge in [-0.05, 0) is 42.9 Å². The van der Waals surface area contributed by atoms with Crippen molar-refractivity contribution in [2.75, 3.05) is 11.9 Å². The fourth-order valence-corrected chi connectivity index (χ4v) is 1.85. The third-order valence-corrected chi connectivity index (χ3v) is 3.13. The number of rotatable bonds is 5. The highest BCUT2D eigenvalue weighted by Crippen LogP contribution is 2.32. The Morgan fingerprint density at radius 2 is 1.88 bits per heavy atom. The maximum atomic E-state index is 6.03. The van der Waals surface area contributed by atoms with Crippen LogP contribution in [0.2, 0.25) is 0 Å². The van der Waals surface area contributed by atoms with Gasteiger partial charge in [0.05, 0.1) is 0 Å². The molecular weight excluding hydrogens is 196 g/mol. The van der Waals surface area contributed by atoms with Gasteiger partial charge in [-0.1, -0.05) is 26.0 Å². The van der Waals surface area contributed by atoms with E-state index in [1.54, 1.807) is 0 Å². The molecule has 0 atom stereocenters. The van der Waals surface area contributed by atoms with Crippen molar-refractivity contribution >= 4 is 5.69 Å². The first-order valence-corrected chi connectivity index (χ1v) is 6.19. The lowest BCUT2D eigenvalue weighted by Crippen LogP contribution is -2.31. The van der Waals surface area contributed by atoms with Crippen molar-refractivity contribution in [1.82, 2.24) is 0 Å². The first-order valence-electron chi connectivity index (χ1n) is 6.19. The lowest BCUT2D eigenvalue weighted by Gasteiger charge is -2.12. The van der Waals surface area contributed by atoms with Crippen LogP contribution in [0, 0.1) is 5.92 Å². The number of nitrogens with one attached hydrogen (secondary N) is 1. The number of hydrogen-bond donors (Lipinski definition) is 2. The Balaban J connectivity index is 1.86. The van der Waals surface area contributed by atoms with E-state index in [-0.39, 0.29) is 5.54 Å². The molecule has 1 aromatic rings. The molecule has 2 heteroatoms. The predicted octanol–water partition coefficient (Wildman–Crippen LogP) is 2.79. The summed E-state index contributed by atoms with van der Waals surface area (Å²) in [6.07, 6.45) is 3.47. The first kappa shape index (κ1) is 11.5. The van der Waals surface area contributed by atoms with Crippen molar-refractivity contribution < 1.29 is 0 Å². The molecule has 1 saturated carbocycles. The summed E-state index contributed by atoms with van der Waals surface area (Å²) in [7, 11) is 0. The zero-order chi connectivity index (χ0) is 11.6. The highest BCUT2D eigenvalue weighted by molar-refractivity contribution is 5.45. The zero-order valence-electron chi connectivity index (χ0n) is 10.3. The highest BCUT2D eigenvalue weighted by Gasteiger charge is 2.37. The molecule has 0 spiro atoms. The van der Waals surface area contributed by atoms with Crippen LogP contribution in [0.5, 0.6) is 0 Å².